The molecule has 0 aromatic rings. The molecule has 0 radical (unpaired) electrons. The molecule has 0 aromatic heterocycles. The molecule has 0 N–H and O–H groups in total. The summed E-state index contributed by atoms with van der Waals surface area (Å²) in [7, 11) is -1.46. The molecule has 86 valence electrons. The second-order valence-corrected chi connectivity index (χ2v) is 9.87. The second-order valence-electron chi connectivity index (χ2n) is 5.44. The Balaban J connectivity index is 2.33. The molecule has 0 aromatic carbocycles. The Kier molecular flexibility index (Phi) is 4.65. The highest BCUT2D eigenvalue weighted by molar-refractivity contribution is 6.70. The van der Waals surface area contributed by atoms with Crippen molar-refractivity contribution in [2.24, 2.45) is 5.92 Å². The molecule has 0 atom stereocenters. The van der Waals surface area contributed by atoms with Crippen molar-refractivity contribution in [2.45, 2.75) is 51.7 Å². The maximum absolute atomic E-state index is 5.79. The van der Waals surface area contributed by atoms with Gasteiger partial charge in [0.25, 0.3) is 0 Å². The third-order valence-corrected chi connectivity index (χ3v) is 3.52. The van der Waals surface area contributed by atoms with Crippen LogP contribution in [0.15, 0.2) is 24.5 Å². The minimum atomic E-state index is -1.46. The van der Waals surface area contributed by atoms with E-state index >= 15 is 0 Å². The summed E-state index contributed by atoms with van der Waals surface area (Å²) in [6.07, 6.45) is 11.2. The summed E-state index contributed by atoms with van der Waals surface area (Å²) in [4.78, 5) is 0. The quantitative estimate of drug-likeness (QED) is 0.388. The molecule has 0 aliphatic heterocycles. The summed E-state index contributed by atoms with van der Waals surface area (Å²) in [6.45, 7) is 10.5. The molecule has 15 heavy (non-hydrogen) atoms. The lowest BCUT2D eigenvalue weighted by molar-refractivity contribution is 0.414. The van der Waals surface area contributed by atoms with Crippen molar-refractivity contribution in [3.8, 4) is 0 Å². The van der Waals surface area contributed by atoms with Crippen LogP contribution in [0.4, 0.5) is 0 Å². The molecular formula is C13H24OSi. The highest BCUT2D eigenvalue weighted by Gasteiger charge is 2.16. The van der Waals surface area contributed by atoms with Crippen molar-refractivity contribution in [1.29, 1.82) is 0 Å². The third kappa shape index (κ3) is 5.83. The average Bonchev–Trinajstić information content (AvgIpc) is 2.14. The predicted octanol–water partition coefficient (Wildman–Crippen LogP) is 4.49. The molecule has 0 saturated heterocycles. The van der Waals surface area contributed by atoms with Gasteiger partial charge in [-0.15, -0.1) is 0 Å². The van der Waals surface area contributed by atoms with Crippen molar-refractivity contribution in [1.82, 2.24) is 0 Å². The monoisotopic (exact) mass is 224 g/mol. The first-order valence-corrected chi connectivity index (χ1v) is 9.44. The van der Waals surface area contributed by atoms with E-state index in [-0.39, 0.29) is 0 Å². The van der Waals surface area contributed by atoms with Crippen LogP contribution < -0.4 is 0 Å². The second kappa shape index (κ2) is 5.55. The summed E-state index contributed by atoms with van der Waals surface area (Å²) < 4.78 is 5.79. The van der Waals surface area contributed by atoms with Crippen LogP contribution in [0, 0.1) is 5.92 Å². The maximum atomic E-state index is 5.79. The molecule has 0 unspecified atom stereocenters. The summed E-state index contributed by atoms with van der Waals surface area (Å²) in [5.41, 5.74) is 0. The van der Waals surface area contributed by atoms with Crippen LogP contribution in [0.2, 0.25) is 19.6 Å². The number of hydrogen-bond acceptors (Lipinski definition) is 1. The van der Waals surface area contributed by atoms with Gasteiger partial charge in [0.05, 0.1) is 5.76 Å². The molecule has 0 amide bonds. The largest absolute Gasteiger partial charge is 0.545 e. The molecule has 1 nitrogen and oxygen atoms in total. The van der Waals surface area contributed by atoms with Crippen LogP contribution in [-0.4, -0.2) is 8.32 Å². The highest BCUT2D eigenvalue weighted by Crippen LogP contribution is 2.25. The Bertz CT molecular complexity index is 231. The molecule has 1 fully saturated rings. The Labute approximate surface area is 95.4 Å². The molecule has 1 aliphatic carbocycles. The van der Waals surface area contributed by atoms with Crippen molar-refractivity contribution in [3.63, 3.8) is 0 Å². The van der Waals surface area contributed by atoms with Crippen LogP contribution in [0.3, 0.4) is 0 Å². The van der Waals surface area contributed by atoms with E-state index in [2.05, 4.69) is 38.4 Å². The maximum Gasteiger partial charge on any atom is 0.242 e. The van der Waals surface area contributed by atoms with E-state index < -0.39 is 8.32 Å². The molecule has 2 heteroatoms. The van der Waals surface area contributed by atoms with Gasteiger partial charge >= 0.3 is 0 Å². The third-order valence-electron chi connectivity index (χ3n) is 2.64. The average molecular weight is 224 g/mol. The zero-order valence-electron chi connectivity index (χ0n) is 10.4. The standard InChI is InChI=1S/C13H24OSi/c1-12(14-15(2,3)4)10-11-13-8-6-5-7-9-13/h10-11,13H,1,5-9H2,2-4H3/b11-10+. The van der Waals surface area contributed by atoms with Gasteiger partial charge in [-0.25, -0.2) is 0 Å². The Morgan fingerprint density at radius 3 is 2.33 bits per heavy atom. The number of hydrogen-bond donors (Lipinski definition) is 0. The van der Waals surface area contributed by atoms with Crippen molar-refractivity contribution in [3.05, 3.63) is 24.5 Å². The molecule has 0 bridgehead atoms. The lowest BCUT2D eigenvalue weighted by atomic mass is 9.89. The fraction of sp³-hybridized carbons (Fsp3) is 0.692. The zero-order valence-corrected chi connectivity index (χ0v) is 11.4. The molecule has 1 saturated carbocycles. The number of rotatable bonds is 4. The van der Waals surface area contributed by atoms with Crippen LogP contribution >= 0.6 is 0 Å². The van der Waals surface area contributed by atoms with E-state index in [1.165, 1.54) is 32.1 Å². The van der Waals surface area contributed by atoms with E-state index in [1.807, 2.05) is 0 Å². The van der Waals surface area contributed by atoms with E-state index in [9.17, 15) is 0 Å². The highest BCUT2D eigenvalue weighted by atomic mass is 28.4. The van der Waals surface area contributed by atoms with E-state index in [4.69, 9.17) is 4.43 Å². The molecule has 1 aliphatic rings. The summed E-state index contributed by atoms with van der Waals surface area (Å²) in [5.74, 6) is 1.61. The van der Waals surface area contributed by atoms with Gasteiger partial charge in [-0.2, -0.15) is 0 Å². The fourth-order valence-corrected chi connectivity index (χ4v) is 2.85. The van der Waals surface area contributed by atoms with Crippen LogP contribution in [0.25, 0.3) is 0 Å². The first kappa shape index (κ1) is 12.6. The van der Waals surface area contributed by atoms with Crippen LogP contribution in [-0.2, 0) is 4.43 Å². The van der Waals surface area contributed by atoms with Gasteiger partial charge in [0.1, 0.15) is 0 Å². The first-order chi connectivity index (χ1) is 6.97. The van der Waals surface area contributed by atoms with Gasteiger partial charge in [0.2, 0.25) is 8.32 Å². The van der Waals surface area contributed by atoms with E-state index in [1.54, 1.807) is 0 Å². The summed E-state index contributed by atoms with van der Waals surface area (Å²) in [5, 5.41) is 0. The van der Waals surface area contributed by atoms with Gasteiger partial charge in [0.15, 0.2) is 0 Å². The minimum absolute atomic E-state index is 0.765. The van der Waals surface area contributed by atoms with Crippen molar-refractivity contribution >= 4 is 8.32 Å². The van der Waals surface area contributed by atoms with Gasteiger partial charge < -0.3 is 4.43 Å². The Morgan fingerprint density at radius 2 is 1.80 bits per heavy atom. The lowest BCUT2D eigenvalue weighted by Gasteiger charge is -2.21. The predicted molar refractivity (Wildman–Crippen MR) is 69.3 cm³/mol. The van der Waals surface area contributed by atoms with Crippen molar-refractivity contribution < 1.29 is 4.43 Å². The van der Waals surface area contributed by atoms with Crippen molar-refractivity contribution in [2.75, 3.05) is 0 Å². The summed E-state index contributed by atoms with van der Waals surface area (Å²) in [6, 6.07) is 0. The SMILES string of the molecule is C=C(/C=C/C1CCCCC1)O[Si](C)(C)C. The Hall–Kier alpha value is -0.503. The van der Waals surface area contributed by atoms with Gasteiger partial charge in [-0.1, -0.05) is 31.9 Å². The summed E-state index contributed by atoms with van der Waals surface area (Å²) >= 11 is 0. The first-order valence-electron chi connectivity index (χ1n) is 6.03. The Morgan fingerprint density at radius 1 is 1.20 bits per heavy atom. The zero-order chi connectivity index (χ0) is 11.3. The van der Waals surface area contributed by atoms with Crippen LogP contribution in [0.5, 0.6) is 0 Å². The molecule has 0 heterocycles. The fourth-order valence-electron chi connectivity index (χ4n) is 2.00. The molecule has 1 rings (SSSR count). The lowest BCUT2D eigenvalue weighted by Crippen LogP contribution is -2.24. The topological polar surface area (TPSA) is 9.23 Å². The number of allylic oxidation sites excluding steroid dienone is 2. The van der Waals surface area contributed by atoms with Gasteiger partial charge in [0, 0.05) is 0 Å². The van der Waals surface area contributed by atoms with Gasteiger partial charge in [-0.3, -0.25) is 0 Å². The van der Waals surface area contributed by atoms with E-state index in [0.717, 1.165) is 11.7 Å². The minimum Gasteiger partial charge on any atom is -0.545 e. The van der Waals surface area contributed by atoms with E-state index in [0.29, 0.717) is 0 Å². The molecule has 0 spiro atoms. The molecular weight excluding hydrogens is 200 g/mol. The van der Waals surface area contributed by atoms with Crippen LogP contribution in [0.1, 0.15) is 32.1 Å². The smallest absolute Gasteiger partial charge is 0.242 e. The van der Waals surface area contributed by atoms with Gasteiger partial charge in [-0.05, 0) is 44.5 Å². The normalized spacial score (nSPS) is 19.4.